The van der Waals surface area contributed by atoms with E-state index >= 15 is 0 Å². The first-order valence-electron chi connectivity index (χ1n) is 8.84. The van der Waals surface area contributed by atoms with E-state index < -0.39 is 16.4 Å². The van der Waals surface area contributed by atoms with Crippen molar-refractivity contribution >= 4 is 23.4 Å². The highest BCUT2D eigenvalue weighted by molar-refractivity contribution is 5.86. The van der Waals surface area contributed by atoms with Crippen molar-refractivity contribution in [3.8, 4) is 28.5 Å². The molecule has 0 bridgehead atoms. The Hall–Kier alpha value is -4.40. The number of ether oxygens (including phenoxy) is 1. The Bertz CT molecular complexity index is 1300. The summed E-state index contributed by atoms with van der Waals surface area (Å²) in [5.74, 6) is 0.387. The second-order valence-corrected chi connectivity index (χ2v) is 6.36. The summed E-state index contributed by atoms with van der Waals surface area (Å²) in [6.07, 6.45) is 3.26. The summed E-state index contributed by atoms with van der Waals surface area (Å²) in [5.41, 5.74) is 1.92. The number of methoxy groups -OCH3 is 1. The number of nitrogens with zero attached hydrogens (tertiary/aromatic N) is 4. The lowest BCUT2D eigenvalue weighted by molar-refractivity contribution is -0.385. The van der Waals surface area contributed by atoms with Crippen LogP contribution in [0.2, 0.25) is 0 Å². The van der Waals surface area contributed by atoms with Crippen LogP contribution >= 0.6 is 0 Å². The van der Waals surface area contributed by atoms with Crippen LogP contribution in [0, 0.1) is 10.1 Å². The highest BCUT2D eigenvalue weighted by atomic mass is 16.6. The molecule has 9 heteroatoms. The van der Waals surface area contributed by atoms with Gasteiger partial charge in [0.15, 0.2) is 23.1 Å². The number of fused-ring (bicyclic) bond motifs is 1. The molecule has 9 nitrogen and oxygen atoms in total. The molecular weight excluding hydrogens is 388 g/mol. The Morgan fingerprint density at radius 3 is 2.70 bits per heavy atom. The highest BCUT2D eigenvalue weighted by Crippen LogP contribution is 2.36. The van der Waals surface area contributed by atoms with Gasteiger partial charge in [0, 0.05) is 24.0 Å². The standard InChI is InChI=1S/C21H16N4O5/c1-30-18-11-14(6-8-17(18)27)20-21(24-9-3-2-4-19(24)23-20)22-12-13-5-7-16(26)15(10-13)25(28)29/h2-12,26-27H,1H3/b22-12+. The number of phenolic OH excluding ortho intramolecular Hbond substituents is 2. The van der Waals surface area contributed by atoms with E-state index in [1.165, 1.54) is 37.6 Å². The number of hydrogen-bond donors (Lipinski definition) is 2. The molecule has 0 amide bonds. The van der Waals surface area contributed by atoms with Crippen LogP contribution in [-0.4, -0.2) is 37.8 Å². The Labute approximate surface area is 170 Å². The van der Waals surface area contributed by atoms with Gasteiger partial charge in [0.05, 0.1) is 12.0 Å². The Balaban J connectivity index is 1.85. The van der Waals surface area contributed by atoms with E-state index in [9.17, 15) is 20.3 Å². The van der Waals surface area contributed by atoms with Gasteiger partial charge in [-0.25, -0.2) is 9.98 Å². The summed E-state index contributed by atoms with van der Waals surface area (Å²) >= 11 is 0. The maximum Gasteiger partial charge on any atom is 0.311 e. The summed E-state index contributed by atoms with van der Waals surface area (Å²) in [6.45, 7) is 0. The molecule has 0 radical (unpaired) electrons. The summed E-state index contributed by atoms with van der Waals surface area (Å²) in [4.78, 5) is 19.5. The number of aliphatic imine (C=N–C) groups is 1. The largest absolute Gasteiger partial charge is 0.504 e. The SMILES string of the molecule is COc1cc(-c2nc3ccccn3c2/N=C/c2ccc(O)c([N+](=O)[O-])c2)ccc1O. The first-order valence-corrected chi connectivity index (χ1v) is 8.84. The molecule has 0 saturated heterocycles. The van der Waals surface area contributed by atoms with Gasteiger partial charge in [-0.05, 0) is 48.0 Å². The third-order valence-corrected chi connectivity index (χ3v) is 4.49. The van der Waals surface area contributed by atoms with E-state index in [0.29, 0.717) is 34.0 Å². The number of nitro groups is 1. The van der Waals surface area contributed by atoms with E-state index in [-0.39, 0.29) is 5.75 Å². The average molecular weight is 404 g/mol. The molecule has 2 heterocycles. The van der Waals surface area contributed by atoms with Gasteiger partial charge in [-0.1, -0.05) is 6.07 Å². The van der Waals surface area contributed by atoms with E-state index in [4.69, 9.17) is 4.74 Å². The van der Waals surface area contributed by atoms with Gasteiger partial charge in [0.2, 0.25) is 0 Å². The molecule has 0 unspecified atom stereocenters. The van der Waals surface area contributed by atoms with Crippen molar-refractivity contribution in [3.63, 3.8) is 0 Å². The average Bonchev–Trinajstić information content (AvgIpc) is 3.12. The minimum Gasteiger partial charge on any atom is -0.504 e. The number of nitro benzene ring substituents is 1. The molecule has 2 N–H and O–H groups in total. The first-order chi connectivity index (χ1) is 14.5. The minimum absolute atomic E-state index is 0.00599. The molecule has 0 fully saturated rings. The van der Waals surface area contributed by atoms with Crippen molar-refractivity contribution in [2.24, 2.45) is 4.99 Å². The van der Waals surface area contributed by atoms with Crippen LogP contribution in [0.15, 0.2) is 65.8 Å². The third-order valence-electron chi connectivity index (χ3n) is 4.49. The van der Waals surface area contributed by atoms with Crippen LogP contribution in [0.1, 0.15) is 5.56 Å². The molecule has 150 valence electrons. The van der Waals surface area contributed by atoms with Crippen molar-refractivity contribution in [2.45, 2.75) is 0 Å². The van der Waals surface area contributed by atoms with Crippen molar-refractivity contribution in [2.75, 3.05) is 7.11 Å². The first kappa shape index (κ1) is 18.9. The lowest BCUT2D eigenvalue weighted by Crippen LogP contribution is -1.91. The van der Waals surface area contributed by atoms with Gasteiger partial charge in [0.25, 0.3) is 0 Å². The lowest BCUT2D eigenvalue weighted by Gasteiger charge is -2.06. The van der Waals surface area contributed by atoms with E-state index in [2.05, 4.69) is 9.98 Å². The fraction of sp³-hybridized carbons (Fsp3) is 0.0476. The molecular formula is C21H16N4O5. The Morgan fingerprint density at radius 2 is 1.93 bits per heavy atom. The van der Waals surface area contributed by atoms with Crippen LogP contribution < -0.4 is 4.74 Å². The van der Waals surface area contributed by atoms with E-state index in [1.807, 2.05) is 18.2 Å². The molecule has 0 aliphatic carbocycles. The van der Waals surface area contributed by atoms with Gasteiger partial charge < -0.3 is 14.9 Å². The maximum absolute atomic E-state index is 11.1. The van der Waals surface area contributed by atoms with E-state index in [0.717, 1.165) is 0 Å². The molecule has 4 aromatic rings. The number of benzene rings is 2. The fourth-order valence-corrected chi connectivity index (χ4v) is 3.03. The predicted molar refractivity (Wildman–Crippen MR) is 111 cm³/mol. The number of hydrogen-bond acceptors (Lipinski definition) is 7. The molecule has 2 aromatic carbocycles. The zero-order valence-electron chi connectivity index (χ0n) is 15.8. The van der Waals surface area contributed by atoms with Crippen molar-refractivity contribution < 1.29 is 19.9 Å². The summed E-state index contributed by atoms with van der Waals surface area (Å²) < 4.78 is 6.96. The topological polar surface area (TPSA) is 122 Å². The monoisotopic (exact) mass is 404 g/mol. The van der Waals surface area contributed by atoms with Crippen molar-refractivity contribution in [1.82, 2.24) is 9.38 Å². The number of rotatable bonds is 5. The van der Waals surface area contributed by atoms with Gasteiger partial charge in [-0.2, -0.15) is 0 Å². The van der Waals surface area contributed by atoms with Gasteiger partial charge in [0.1, 0.15) is 11.3 Å². The molecule has 0 aliphatic heterocycles. The molecule has 2 aromatic heterocycles. The molecule has 0 aliphatic rings. The normalized spacial score (nSPS) is 11.2. The molecule has 0 saturated carbocycles. The second kappa shape index (κ2) is 7.55. The van der Waals surface area contributed by atoms with Crippen molar-refractivity contribution in [1.29, 1.82) is 0 Å². The van der Waals surface area contributed by atoms with Crippen molar-refractivity contribution in [3.05, 3.63) is 76.5 Å². The second-order valence-electron chi connectivity index (χ2n) is 6.36. The Morgan fingerprint density at radius 1 is 1.13 bits per heavy atom. The molecule has 4 rings (SSSR count). The van der Waals surface area contributed by atoms with Crippen LogP contribution in [0.4, 0.5) is 11.5 Å². The summed E-state index contributed by atoms with van der Waals surface area (Å²) in [7, 11) is 1.46. The van der Waals surface area contributed by atoms with Gasteiger partial charge in [-0.3, -0.25) is 14.5 Å². The fourth-order valence-electron chi connectivity index (χ4n) is 3.03. The quantitative estimate of drug-likeness (QED) is 0.294. The summed E-state index contributed by atoms with van der Waals surface area (Å²) in [5, 5.41) is 30.6. The zero-order chi connectivity index (χ0) is 21.3. The van der Waals surface area contributed by atoms with Gasteiger partial charge in [-0.15, -0.1) is 0 Å². The predicted octanol–water partition coefficient (Wildman–Crippen LogP) is 4.08. The van der Waals surface area contributed by atoms with Crippen LogP contribution in [0.5, 0.6) is 17.2 Å². The Kier molecular flexibility index (Phi) is 4.77. The molecule has 0 spiro atoms. The summed E-state index contributed by atoms with van der Waals surface area (Å²) in [6, 6.07) is 14.4. The number of pyridine rings is 1. The number of phenols is 2. The smallest absolute Gasteiger partial charge is 0.311 e. The lowest BCUT2D eigenvalue weighted by atomic mass is 10.1. The van der Waals surface area contributed by atoms with Gasteiger partial charge >= 0.3 is 5.69 Å². The van der Waals surface area contributed by atoms with Crippen LogP contribution in [-0.2, 0) is 0 Å². The molecule has 0 atom stereocenters. The zero-order valence-corrected chi connectivity index (χ0v) is 15.8. The third kappa shape index (κ3) is 3.39. The number of aromatic hydroxyl groups is 2. The van der Waals surface area contributed by atoms with Crippen LogP contribution in [0.25, 0.3) is 16.9 Å². The maximum atomic E-state index is 11.1. The molecule has 30 heavy (non-hydrogen) atoms. The van der Waals surface area contributed by atoms with E-state index in [1.54, 1.807) is 22.7 Å². The number of imidazole rings is 1. The van der Waals surface area contributed by atoms with Crippen LogP contribution in [0.3, 0.4) is 0 Å². The highest BCUT2D eigenvalue weighted by Gasteiger charge is 2.16. The minimum atomic E-state index is -0.658. The number of aromatic nitrogens is 2.